The number of hydrogen-bond acceptors (Lipinski definition) is 3. The minimum absolute atomic E-state index is 0.0876. The van der Waals surface area contributed by atoms with Crippen LogP contribution in [0, 0.1) is 16.7 Å². The van der Waals surface area contributed by atoms with E-state index in [0.29, 0.717) is 19.6 Å². The summed E-state index contributed by atoms with van der Waals surface area (Å²) >= 11 is 0. The van der Waals surface area contributed by atoms with E-state index >= 15 is 0 Å². The molecule has 3 heteroatoms. The summed E-state index contributed by atoms with van der Waals surface area (Å²) in [6.07, 6.45) is 0.720. The van der Waals surface area contributed by atoms with Crippen molar-refractivity contribution in [2.75, 3.05) is 13.2 Å². The van der Waals surface area contributed by atoms with Crippen LogP contribution in [-0.4, -0.2) is 18.3 Å². The average molecular weight is 273 g/mol. The molecule has 2 atom stereocenters. The molecule has 2 unspecified atom stereocenters. The van der Waals surface area contributed by atoms with Gasteiger partial charge in [-0.3, -0.25) is 0 Å². The third-order valence-electron chi connectivity index (χ3n) is 4.11. The highest BCUT2D eigenvalue weighted by Crippen LogP contribution is 2.40. The Bertz CT molecular complexity index is 487. The number of hydrogen-bond donors (Lipinski definition) is 1. The minimum atomic E-state index is -0.804. The van der Waals surface area contributed by atoms with Crippen molar-refractivity contribution in [2.24, 2.45) is 5.41 Å². The molecule has 1 N–H and O–H groups in total. The highest BCUT2D eigenvalue weighted by molar-refractivity contribution is 5.30. The molecule has 1 aliphatic heterocycles. The maximum Gasteiger partial charge on any atom is 0.111 e. The van der Waals surface area contributed by atoms with Crippen molar-refractivity contribution >= 4 is 0 Å². The van der Waals surface area contributed by atoms with Crippen molar-refractivity contribution in [3.63, 3.8) is 0 Å². The fourth-order valence-corrected chi connectivity index (χ4v) is 2.67. The quantitative estimate of drug-likeness (QED) is 0.899. The Labute approximate surface area is 121 Å². The lowest BCUT2D eigenvalue weighted by Crippen LogP contribution is -2.36. The Balaban J connectivity index is 2.24. The van der Waals surface area contributed by atoms with E-state index in [-0.39, 0.29) is 5.41 Å². The van der Waals surface area contributed by atoms with Crippen LogP contribution in [-0.2, 0) is 10.2 Å². The van der Waals surface area contributed by atoms with Crippen LogP contribution in [0.2, 0.25) is 0 Å². The van der Waals surface area contributed by atoms with E-state index in [2.05, 4.69) is 26.8 Å². The summed E-state index contributed by atoms with van der Waals surface area (Å²) in [5, 5.41) is 20.1. The fourth-order valence-electron chi connectivity index (χ4n) is 2.67. The largest absolute Gasteiger partial charge is 0.387 e. The second-order valence-corrected chi connectivity index (χ2v) is 6.70. The first kappa shape index (κ1) is 15.0. The molecular weight excluding hydrogens is 250 g/mol. The third-order valence-corrected chi connectivity index (χ3v) is 4.11. The molecule has 2 rings (SSSR count). The second-order valence-electron chi connectivity index (χ2n) is 6.70. The maximum atomic E-state index is 10.6. The molecule has 108 valence electrons. The minimum Gasteiger partial charge on any atom is -0.387 e. The number of ether oxygens (including phenoxy) is 1. The van der Waals surface area contributed by atoms with Crippen molar-refractivity contribution in [1.29, 1.82) is 5.26 Å². The molecule has 1 aliphatic rings. The van der Waals surface area contributed by atoms with Crippen molar-refractivity contribution in [3.05, 3.63) is 35.4 Å². The van der Waals surface area contributed by atoms with E-state index in [9.17, 15) is 10.4 Å². The van der Waals surface area contributed by atoms with Gasteiger partial charge in [0.05, 0.1) is 18.8 Å². The van der Waals surface area contributed by atoms with Crippen molar-refractivity contribution in [1.82, 2.24) is 0 Å². The van der Waals surface area contributed by atoms with Gasteiger partial charge in [0.1, 0.15) is 5.41 Å². The zero-order valence-electron chi connectivity index (χ0n) is 12.5. The molecule has 1 fully saturated rings. The Hall–Kier alpha value is -1.37. The van der Waals surface area contributed by atoms with Gasteiger partial charge in [0.25, 0.3) is 0 Å². The molecule has 1 aromatic carbocycles. The summed E-state index contributed by atoms with van der Waals surface area (Å²) in [6, 6.07) is 10.2. The molecule has 20 heavy (non-hydrogen) atoms. The van der Waals surface area contributed by atoms with Crippen LogP contribution in [0.1, 0.15) is 50.8 Å². The smallest absolute Gasteiger partial charge is 0.111 e. The lowest BCUT2D eigenvalue weighted by atomic mass is 9.75. The number of aliphatic hydroxyl groups is 1. The van der Waals surface area contributed by atoms with E-state index < -0.39 is 11.5 Å². The van der Waals surface area contributed by atoms with E-state index in [0.717, 1.165) is 12.0 Å². The molecule has 0 radical (unpaired) electrons. The lowest BCUT2D eigenvalue weighted by molar-refractivity contribution is -0.0505. The highest BCUT2D eigenvalue weighted by Gasteiger charge is 2.41. The SMILES string of the molecule is CC(C)(C)c1ccc(C(O)C2(C#N)CCCOC2)cc1. The first-order valence-corrected chi connectivity index (χ1v) is 7.16. The van der Waals surface area contributed by atoms with Crippen LogP contribution in [0.4, 0.5) is 0 Å². The van der Waals surface area contributed by atoms with Gasteiger partial charge in [-0.1, -0.05) is 45.0 Å². The van der Waals surface area contributed by atoms with Gasteiger partial charge in [-0.2, -0.15) is 5.26 Å². The number of nitrogens with zero attached hydrogens (tertiary/aromatic N) is 1. The molecule has 0 aliphatic carbocycles. The Morgan fingerprint density at radius 2 is 1.95 bits per heavy atom. The van der Waals surface area contributed by atoms with Crippen LogP contribution < -0.4 is 0 Å². The van der Waals surface area contributed by atoms with Gasteiger partial charge in [0.15, 0.2) is 0 Å². The van der Waals surface area contributed by atoms with Crippen molar-refractivity contribution in [2.45, 2.75) is 45.1 Å². The van der Waals surface area contributed by atoms with Crippen molar-refractivity contribution < 1.29 is 9.84 Å². The van der Waals surface area contributed by atoms with E-state index in [1.54, 1.807) is 0 Å². The standard InChI is InChI=1S/C17H23NO2/c1-16(2,3)14-7-5-13(6-8-14)15(19)17(11-18)9-4-10-20-12-17/h5-8,15,19H,4,9-10,12H2,1-3H3. The second kappa shape index (κ2) is 5.55. The predicted octanol–water partition coefficient (Wildman–Crippen LogP) is 3.34. The number of nitriles is 1. The lowest BCUT2D eigenvalue weighted by Gasteiger charge is -2.35. The van der Waals surface area contributed by atoms with E-state index in [4.69, 9.17) is 4.74 Å². The zero-order valence-corrected chi connectivity index (χ0v) is 12.5. The topological polar surface area (TPSA) is 53.2 Å². The molecule has 1 aromatic rings. The van der Waals surface area contributed by atoms with Crippen LogP contribution in [0.15, 0.2) is 24.3 Å². The molecule has 0 spiro atoms. The number of benzene rings is 1. The van der Waals surface area contributed by atoms with Gasteiger partial charge in [-0.15, -0.1) is 0 Å². The monoisotopic (exact) mass is 273 g/mol. The van der Waals surface area contributed by atoms with Crippen LogP contribution in [0.3, 0.4) is 0 Å². The normalized spacial score (nSPS) is 24.9. The summed E-state index contributed by atoms with van der Waals surface area (Å²) in [4.78, 5) is 0. The molecule has 0 amide bonds. The molecule has 0 saturated carbocycles. The number of rotatable bonds is 2. The van der Waals surface area contributed by atoms with E-state index in [1.165, 1.54) is 5.56 Å². The maximum absolute atomic E-state index is 10.6. The van der Waals surface area contributed by atoms with Crippen LogP contribution in [0.25, 0.3) is 0 Å². The average Bonchev–Trinajstić information content (AvgIpc) is 2.46. The van der Waals surface area contributed by atoms with E-state index in [1.807, 2.05) is 24.3 Å². The third kappa shape index (κ3) is 2.87. The Kier molecular flexibility index (Phi) is 4.17. The van der Waals surface area contributed by atoms with Gasteiger partial charge in [-0.25, -0.2) is 0 Å². The predicted molar refractivity (Wildman–Crippen MR) is 78.2 cm³/mol. The fraction of sp³-hybridized carbons (Fsp3) is 0.588. The summed E-state index contributed by atoms with van der Waals surface area (Å²) in [5.74, 6) is 0. The summed E-state index contributed by atoms with van der Waals surface area (Å²) in [7, 11) is 0. The molecule has 3 nitrogen and oxygen atoms in total. The molecule has 0 bridgehead atoms. The highest BCUT2D eigenvalue weighted by atomic mass is 16.5. The van der Waals surface area contributed by atoms with Gasteiger partial charge in [0, 0.05) is 6.61 Å². The van der Waals surface area contributed by atoms with Gasteiger partial charge < -0.3 is 9.84 Å². The van der Waals surface area contributed by atoms with Gasteiger partial charge >= 0.3 is 0 Å². The summed E-state index contributed by atoms with van der Waals surface area (Å²) < 4.78 is 5.41. The molecule has 1 heterocycles. The first-order valence-electron chi connectivity index (χ1n) is 7.16. The van der Waals surface area contributed by atoms with Gasteiger partial charge in [-0.05, 0) is 29.4 Å². The summed E-state index contributed by atoms with van der Waals surface area (Å²) in [5.41, 5.74) is 1.30. The Morgan fingerprint density at radius 3 is 2.40 bits per heavy atom. The zero-order chi connectivity index (χ0) is 14.8. The van der Waals surface area contributed by atoms with Crippen molar-refractivity contribution in [3.8, 4) is 6.07 Å². The molecule has 0 aromatic heterocycles. The van der Waals surface area contributed by atoms with Gasteiger partial charge in [0.2, 0.25) is 0 Å². The molecular formula is C17H23NO2. The first-order chi connectivity index (χ1) is 9.39. The number of aliphatic hydroxyl groups excluding tert-OH is 1. The molecule has 1 saturated heterocycles. The summed E-state index contributed by atoms with van der Waals surface area (Å²) in [6.45, 7) is 7.46. The van der Waals surface area contributed by atoms with Crippen LogP contribution >= 0.6 is 0 Å². The Morgan fingerprint density at radius 1 is 1.30 bits per heavy atom. The van der Waals surface area contributed by atoms with Crippen LogP contribution in [0.5, 0.6) is 0 Å².